The predicted octanol–water partition coefficient (Wildman–Crippen LogP) is 3.50. The van der Waals surface area contributed by atoms with Crippen molar-refractivity contribution >= 4 is 33.3 Å². The normalized spacial score (nSPS) is 11.3. The number of nitrogens with zero attached hydrogens (tertiary/aromatic N) is 1. The third-order valence-electron chi connectivity index (χ3n) is 3.40. The standard InChI is InChI=1S/C18H20ClNO5S/c1-13(2)25-18(21)12-20(16-6-4-5-7-17(16)24-3)26(22,23)15-10-8-14(19)9-11-15/h4-11,13H,12H2,1-3H3. The topological polar surface area (TPSA) is 72.9 Å². The predicted molar refractivity (Wildman–Crippen MR) is 100 cm³/mol. The fourth-order valence-electron chi connectivity index (χ4n) is 2.29. The molecule has 0 aliphatic rings. The summed E-state index contributed by atoms with van der Waals surface area (Å²) in [4.78, 5) is 12.2. The maximum absolute atomic E-state index is 13.2. The molecule has 0 atom stereocenters. The van der Waals surface area contributed by atoms with Gasteiger partial charge in [-0.05, 0) is 50.2 Å². The minimum absolute atomic E-state index is 0.00477. The zero-order chi connectivity index (χ0) is 19.3. The first-order valence-corrected chi connectivity index (χ1v) is 9.68. The highest BCUT2D eigenvalue weighted by Crippen LogP contribution is 2.32. The third kappa shape index (κ3) is 4.68. The van der Waals surface area contributed by atoms with Gasteiger partial charge in [0.05, 0.1) is 23.8 Å². The molecule has 2 aromatic carbocycles. The molecule has 2 rings (SSSR count). The molecule has 0 aliphatic heterocycles. The summed E-state index contributed by atoms with van der Waals surface area (Å²) < 4.78 is 37.7. The minimum atomic E-state index is -4.04. The minimum Gasteiger partial charge on any atom is -0.495 e. The van der Waals surface area contributed by atoms with Crippen LogP contribution >= 0.6 is 11.6 Å². The van der Waals surface area contributed by atoms with Gasteiger partial charge in [-0.3, -0.25) is 9.10 Å². The van der Waals surface area contributed by atoms with Gasteiger partial charge in [0.15, 0.2) is 0 Å². The number of methoxy groups -OCH3 is 1. The van der Waals surface area contributed by atoms with Gasteiger partial charge in [0.1, 0.15) is 12.3 Å². The fraction of sp³-hybridized carbons (Fsp3) is 0.278. The van der Waals surface area contributed by atoms with Crippen LogP contribution in [0.4, 0.5) is 5.69 Å². The molecule has 0 unspecified atom stereocenters. The average Bonchev–Trinajstić information content (AvgIpc) is 2.59. The van der Waals surface area contributed by atoms with Crippen molar-refractivity contribution in [1.82, 2.24) is 0 Å². The van der Waals surface area contributed by atoms with Crippen LogP contribution in [-0.4, -0.2) is 34.1 Å². The summed E-state index contributed by atoms with van der Waals surface area (Å²) in [6.45, 7) is 2.90. The smallest absolute Gasteiger partial charge is 0.327 e. The van der Waals surface area contributed by atoms with Crippen LogP contribution in [0.5, 0.6) is 5.75 Å². The van der Waals surface area contributed by atoms with Crippen molar-refractivity contribution in [2.75, 3.05) is 18.0 Å². The Morgan fingerprint density at radius 3 is 2.31 bits per heavy atom. The lowest BCUT2D eigenvalue weighted by Crippen LogP contribution is -2.37. The van der Waals surface area contributed by atoms with Crippen LogP contribution in [0.15, 0.2) is 53.4 Å². The molecular weight excluding hydrogens is 378 g/mol. The highest BCUT2D eigenvalue weighted by atomic mass is 35.5. The molecule has 0 aromatic heterocycles. The van der Waals surface area contributed by atoms with Gasteiger partial charge in [0.2, 0.25) is 0 Å². The molecule has 0 saturated heterocycles. The van der Waals surface area contributed by atoms with Crippen LogP contribution in [0, 0.1) is 0 Å². The molecule has 0 saturated carbocycles. The Hall–Kier alpha value is -2.25. The molecule has 0 fully saturated rings. The van der Waals surface area contributed by atoms with Crippen molar-refractivity contribution in [2.45, 2.75) is 24.8 Å². The number of carbonyl (C=O) groups is 1. The number of esters is 1. The van der Waals surface area contributed by atoms with Gasteiger partial charge in [0, 0.05) is 5.02 Å². The van der Waals surface area contributed by atoms with Gasteiger partial charge in [-0.25, -0.2) is 8.42 Å². The summed E-state index contributed by atoms with van der Waals surface area (Å²) in [6.07, 6.45) is -0.361. The molecule has 0 heterocycles. The summed E-state index contributed by atoms with van der Waals surface area (Å²) in [5, 5.41) is 0.409. The molecule has 8 heteroatoms. The van der Waals surface area contributed by atoms with Crippen molar-refractivity contribution in [3.63, 3.8) is 0 Å². The lowest BCUT2D eigenvalue weighted by Gasteiger charge is -2.25. The van der Waals surface area contributed by atoms with E-state index in [-0.39, 0.29) is 16.7 Å². The van der Waals surface area contributed by atoms with E-state index in [4.69, 9.17) is 21.1 Å². The molecule has 0 spiro atoms. The van der Waals surface area contributed by atoms with E-state index in [1.165, 1.54) is 31.4 Å². The van der Waals surface area contributed by atoms with Crippen LogP contribution in [0.2, 0.25) is 5.02 Å². The van der Waals surface area contributed by atoms with E-state index in [1.807, 2.05) is 0 Å². The number of para-hydroxylation sites is 2. The molecule has 0 N–H and O–H groups in total. The maximum atomic E-state index is 13.2. The number of hydrogen-bond acceptors (Lipinski definition) is 5. The quantitative estimate of drug-likeness (QED) is 0.668. The van der Waals surface area contributed by atoms with E-state index in [9.17, 15) is 13.2 Å². The second kappa shape index (κ2) is 8.42. The van der Waals surface area contributed by atoms with Crippen molar-refractivity contribution in [2.24, 2.45) is 0 Å². The summed E-state index contributed by atoms with van der Waals surface area (Å²) in [7, 11) is -2.61. The van der Waals surface area contributed by atoms with Crippen LogP contribution in [0.25, 0.3) is 0 Å². The monoisotopic (exact) mass is 397 g/mol. The summed E-state index contributed by atoms with van der Waals surface area (Å²) >= 11 is 5.85. The lowest BCUT2D eigenvalue weighted by atomic mass is 10.3. The van der Waals surface area contributed by atoms with Gasteiger partial charge >= 0.3 is 5.97 Å². The van der Waals surface area contributed by atoms with Crippen LogP contribution in [-0.2, 0) is 19.6 Å². The first-order chi connectivity index (χ1) is 12.3. The van der Waals surface area contributed by atoms with Crippen LogP contribution in [0.1, 0.15) is 13.8 Å². The van der Waals surface area contributed by atoms with Gasteiger partial charge in [-0.2, -0.15) is 0 Å². The molecule has 2 aromatic rings. The molecule has 6 nitrogen and oxygen atoms in total. The highest BCUT2D eigenvalue weighted by Gasteiger charge is 2.30. The number of halogens is 1. The Bertz CT molecular complexity index is 865. The van der Waals surface area contributed by atoms with Gasteiger partial charge in [-0.1, -0.05) is 23.7 Å². The van der Waals surface area contributed by atoms with Crippen LogP contribution < -0.4 is 9.04 Å². The number of sulfonamides is 1. The van der Waals surface area contributed by atoms with E-state index < -0.39 is 22.5 Å². The lowest BCUT2D eigenvalue weighted by molar-refractivity contribution is -0.145. The van der Waals surface area contributed by atoms with Crippen molar-refractivity contribution in [3.05, 3.63) is 53.6 Å². The molecule has 0 amide bonds. The Morgan fingerprint density at radius 1 is 1.12 bits per heavy atom. The number of hydrogen-bond donors (Lipinski definition) is 0. The second-order valence-corrected chi connectivity index (χ2v) is 7.97. The van der Waals surface area contributed by atoms with E-state index in [0.717, 1.165) is 4.31 Å². The first-order valence-electron chi connectivity index (χ1n) is 7.86. The van der Waals surface area contributed by atoms with E-state index in [2.05, 4.69) is 0 Å². The third-order valence-corrected chi connectivity index (χ3v) is 5.42. The number of rotatable bonds is 7. The molecule has 0 aliphatic carbocycles. The zero-order valence-corrected chi connectivity index (χ0v) is 16.3. The number of anilines is 1. The number of benzene rings is 2. The Balaban J connectivity index is 2.52. The SMILES string of the molecule is COc1ccccc1N(CC(=O)OC(C)C)S(=O)(=O)c1ccc(Cl)cc1. The molecule has 0 bridgehead atoms. The molecule has 0 radical (unpaired) electrons. The second-order valence-electron chi connectivity index (χ2n) is 5.68. The summed E-state index contributed by atoms with van der Waals surface area (Å²) in [6, 6.07) is 12.3. The Morgan fingerprint density at radius 2 is 1.73 bits per heavy atom. The average molecular weight is 398 g/mol. The highest BCUT2D eigenvalue weighted by molar-refractivity contribution is 7.92. The summed E-state index contributed by atoms with van der Waals surface area (Å²) in [5.41, 5.74) is 0.241. The maximum Gasteiger partial charge on any atom is 0.327 e. The largest absolute Gasteiger partial charge is 0.495 e. The Labute approximate surface area is 158 Å². The van der Waals surface area contributed by atoms with Gasteiger partial charge in [0.25, 0.3) is 10.0 Å². The molecule has 26 heavy (non-hydrogen) atoms. The number of ether oxygens (including phenoxy) is 2. The van der Waals surface area contributed by atoms with Gasteiger partial charge in [-0.15, -0.1) is 0 Å². The van der Waals surface area contributed by atoms with E-state index in [1.54, 1.807) is 38.1 Å². The van der Waals surface area contributed by atoms with Crippen molar-refractivity contribution in [3.8, 4) is 5.75 Å². The molecule has 140 valence electrons. The van der Waals surface area contributed by atoms with Crippen molar-refractivity contribution < 1.29 is 22.7 Å². The number of carbonyl (C=O) groups excluding carboxylic acids is 1. The Kier molecular flexibility index (Phi) is 6.50. The van der Waals surface area contributed by atoms with E-state index in [0.29, 0.717) is 10.8 Å². The zero-order valence-electron chi connectivity index (χ0n) is 14.7. The first kappa shape index (κ1) is 20.1. The molecular formula is C18H20ClNO5S. The van der Waals surface area contributed by atoms with E-state index >= 15 is 0 Å². The fourth-order valence-corrected chi connectivity index (χ4v) is 3.83. The van der Waals surface area contributed by atoms with Crippen LogP contribution in [0.3, 0.4) is 0 Å². The van der Waals surface area contributed by atoms with Crippen molar-refractivity contribution in [1.29, 1.82) is 0 Å². The van der Waals surface area contributed by atoms with Gasteiger partial charge < -0.3 is 9.47 Å². The summed E-state index contributed by atoms with van der Waals surface area (Å²) in [5.74, 6) is -0.342.